The number of anilines is 6. The Morgan fingerprint density at radius 1 is 0.379 bits per heavy atom. The second-order valence-corrected chi connectivity index (χ2v) is 30.2. The number of pyridine rings is 2. The molecule has 0 radical (unpaired) electrons. The summed E-state index contributed by atoms with van der Waals surface area (Å²) in [5, 5.41) is 30.2. The third-order valence-electron chi connectivity index (χ3n) is 18.9. The quantitative estimate of drug-likeness (QED) is 0.125. The van der Waals surface area contributed by atoms with Crippen molar-refractivity contribution < 1.29 is 40.1 Å². The van der Waals surface area contributed by atoms with E-state index in [2.05, 4.69) is 208 Å². The first-order chi connectivity index (χ1) is 48.9. The number of para-hydroxylation sites is 2. The van der Waals surface area contributed by atoms with Crippen molar-refractivity contribution in [1.82, 2.24) is 29.9 Å². The summed E-state index contributed by atoms with van der Waals surface area (Å²) < 4.78 is 13.0. The first-order valence-electron chi connectivity index (χ1n) is 34.6. The zero-order chi connectivity index (χ0) is 71.0. The second-order valence-electron chi connectivity index (χ2n) is 30.2. The summed E-state index contributed by atoms with van der Waals surface area (Å²) in [7, 11) is 0. The summed E-state index contributed by atoms with van der Waals surface area (Å²) in [5.41, 5.74) is 14.4. The first-order valence-corrected chi connectivity index (χ1v) is 34.6. The molecule has 514 valence electrons. The third-order valence-corrected chi connectivity index (χ3v) is 18.9. The maximum Gasteiger partial charge on any atom is 0.180 e. The predicted octanol–water partition coefficient (Wildman–Crippen LogP) is 23.9. The maximum atomic E-state index is 12.0. The molecule has 16 aromatic rings. The number of phenolic OH excluding ortho intramolecular Hbond substituents is 2. The van der Waals surface area contributed by atoms with Crippen LogP contribution in [0.25, 0.3) is 111 Å². The van der Waals surface area contributed by atoms with Gasteiger partial charge in [0, 0.05) is 88.5 Å². The minimum atomic E-state index is -0.318. The Morgan fingerprint density at radius 2 is 0.806 bits per heavy atom. The van der Waals surface area contributed by atoms with Gasteiger partial charge in [-0.25, -0.2) is 19.9 Å². The Hall–Kier alpha value is -11.3. The minimum absolute atomic E-state index is 0. The number of furan rings is 2. The largest absolute Gasteiger partial charge is 0.507 e. The first kappa shape index (κ1) is 68.8. The zero-order valence-corrected chi connectivity index (χ0v) is 62.0. The number of nitrogens with zero attached hydrogens (tertiary/aromatic N) is 8. The SMILES string of the molecule is CC(C)(C)c1cc(-c2nc(-c3[c-]c(N(c4ccccn4)c4cccc5ccccc45)ccc3)nc3c2oc2ccccc23)c(O)c(C(C)(C)C)c1.CC(C)(C)c1cc(-c2nc(-c3cccc(N(c4ccccn4)c4cccc5ccccc45)c3)nc3c2oc2ccccc23)c(O)c(C(C)(C)C)c1.[Pt]. The fourth-order valence-electron chi connectivity index (χ4n) is 13.5. The number of aromatic hydroxyl groups is 2. The van der Waals surface area contributed by atoms with Crippen LogP contribution in [-0.4, -0.2) is 40.1 Å². The monoisotopic (exact) mass is 1530 g/mol. The summed E-state index contributed by atoms with van der Waals surface area (Å²) in [6.45, 7) is 25.8. The molecule has 6 heterocycles. The molecule has 0 saturated heterocycles. The van der Waals surface area contributed by atoms with Gasteiger partial charge >= 0.3 is 0 Å². The van der Waals surface area contributed by atoms with Crippen LogP contribution in [0.2, 0.25) is 0 Å². The van der Waals surface area contributed by atoms with E-state index in [1.54, 1.807) is 6.20 Å². The fraction of sp³-hybridized carbons (Fsp3) is 0.178. The zero-order valence-electron chi connectivity index (χ0n) is 59.8. The molecular formula is C90H79N8O4Pt-. The number of benzene rings is 10. The van der Waals surface area contributed by atoms with Gasteiger partial charge in [-0.3, -0.25) is 14.9 Å². The summed E-state index contributed by atoms with van der Waals surface area (Å²) >= 11 is 0. The number of phenols is 2. The molecule has 0 spiro atoms. The molecule has 0 atom stereocenters. The normalized spacial score (nSPS) is 12.1. The van der Waals surface area contributed by atoms with Crippen molar-refractivity contribution in [2.75, 3.05) is 9.80 Å². The molecule has 10 aromatic carbocycles. The van der Waals surface area contributed by atoms with Crippen molar-refractivity contribution in [1.29, 1.82) is 0 Å². The van der Waals surface area contributed by atoms with Gasteiger partial charge in [-0.2, -0.15) is 0 Å². The van der Waals surface area contributed by atoms with Crippen LogP contribution >= 0.6 is 0 Å². The summed E-state index contributed by atoms with van der Waals surface area (Å²) in [6.07, 6.45) is 3.61. The molecule has 0 fully saturated rings. The van der Waals surface area contributed by atoms with Crippen LogP contribution in [0.15, 0.2) is 258 Å². The second kappa shape index (κ2) is 26.9. The Bertz CT molecular complexity index is 5510. The van der Waals surface area contributed by atoms with E-state index in [9.17, 15) is 10.2 Å². The Kier molecular flexibility index (Phi) is 18.0. The van der Waals surface area contributed by atoms with Gasteiger partial charge in [-0.15, -0.1) is 29.8 Å². The fourth-order valence-corrected chi connectivity index (χ4v) is 13.5. The summed E-state index contributed by atoms with van der Waals surface area (Å²) in [4.78, 5) is 34.6. The van der Waals surface area contributed by atoms with Crippen LogP contribution in [0.1, 0.15) is 105 Å². The smallest absolute Gasteiger partial charge is 0.180 e. The molecule has 2 N–H and O–H groups in total. The molecular weight excluding hydrogens is 1450 g/mol. The van der Waals surface area contributed by atoms with E-state index in [0.717, 1.165) is 94.5 Å². The van der Waals surface area contributed by atoms with Gasteiger partial charge in [0.25, 0.3) is 0 Å². The molecule has 0 aliphatic rings. The van der Waals surface area contributed by atoms with Crippen molar-refractivity contribution in [2.24, 2.45) is 0 Å². The van der Waals surface area contributed by atoms with E-state index >= 15 is 0 Å². The van der Waals surface area contributed by atoms with Crippen molar-refractivity contribution in [3.05, 3.63) is 277 Å². The van der Waals surface area contributed by atoms with E-state index in [0.29, 0.717) is 73.1 Å². The van der Waals surface area contributed by atoms with Crippen LogP contribution in [0, 0.1) is 6.07 Å². The van der Waals surface area contributed by atoms with E-state index in [4.69, 9.17) is 38.7 Å². The molecule has 0 saturated carbocycles. The average Bonchev–Trinajstić information content (AvgIpc) is 1.42. The Morgan fingerprint density at radius 3 is 1.30 bits per heavy atom. The average molecular weight is 1530 g/mol. The van der Waals surface area contributed by atoms with Crippen molar-refractivity contribution in [3.8, 4) is 56.8 Å². The van der Waals surface area contributed by atoms with Crippen LogP contribution in [0.4, 0.5) is 34.4 Å². The Labute approximate surface area is 614 Å². The van der Waals surface area contributed by atoms with Crippen LogP contribution in [0.3, 0.4) is 0 Å². The molecule has 0 unspecified atom stereocenters. The molecule has 0 bridgehead atoms. The Balaban J connectivity index is 0.000000173. The molecule has 12 nitrogen and oxygen atoms in total. The maximum absolute atomic E-state index is 12.0. The summed E-state index contributed by atoms with van der Waals surface area (Å²) in [6, 6.07) is 83.3. The van der Waals surface area contributed by atoms with Gasteiger partial charge in [0.1, 0.15) is 56.7 Å². The van der Waals surface area contributed by atoms with Crippen LogP contribution < -0.4 is 9.80 Å². The van der Waals surface area contributed by atoms with E-state index in [-0.39, 0.29) is 54.2 Å². The molecule has 6 aromatic heterocycles. The van der Waals surface area contributed by atoms with Crippen molar-refractivity contribution in [2.45, 2.75) is 105 Å². The van der Waals surface area contributed by atoms with Crippen molar-refractivity contribution in [3.63, 3.8) is 0 Å². The van der Waals surface area contributed by atoms with Gasteiger partial charge in [0.2, 0.25) is 0 Å². The molecule has 0 amide bonds. The predicted molar refractivity (Wildman–Crippen MR) is 417 cm³/mol. The van der Waals surface area contributed by atoms with E-state index < -0.39 is 0 Å². The van der Waals surface area contributed by atoms with Gasteiger partial charge in [-0.1, -0.05) is 217 Å². The van der Waals surface area contributed by atoms with Crippen molar-refractivity contribution >= 4 is 100 Å². The molecule has 103 heavy (non-hydrogen) atoms. The third kappa shape index (κ3) is 13.2. The van der Waals surface area contributed by atoms with Gasteiger partial charge in [0.05, 0.1) is 17.2 Å². The number of fused-ring (bicyclic) bond motifs is 8. The number of hydrogen-bond acceptors (Lipinski definition) is 12. The number of aromatic nitrogens is 6. The van der Waals surface area contributed by atoms with Gasteiger partial charge in [0.15, 0.2) is 17.0 Å². The molecule has 0 aliphatic carbocycles. The summed E-state index contributed by atoms with van der Waals surface area (Å²) in [5.74, 6) is 2.96. The van der Waals surface area contributed by atoms with Gasteiger partial charge < -0.3 is 23.9 Å². The van der Waals surface area contributed by atoms with E-state index in [1.807, 2.05) is 134 Å². The van der Waals surface area contributed by atoms with Crippen LogP contribution in [-0.2, 0) is 42.7 Å². The van der Waals surface area contributed by atoms with Crippen LogP contribution in [0.5, 0.6) is 11.5 Å². The van der Waals surface area contributed by atoms with E-state index in [1.165, 1.54) is 0 Å². The number of hydrogen-bond donors (Lipinski definition) is 2. The molecule has 0 aliphatic heterocycles. The minimum Gasteiger partial charge on any atom is -0.507 e. The van der Waals surface area contributed by atoms with Gasteiger partial charge in [-0.05, 0) is 134 Å². The number of rotatable bonds is 10. The standard InChI is InChI=1S/C45H40N4O2.C45H39N4O2.Pt/c2*1-44(2,3)30-26-34(41(50)35(27-30)45(4,5)6)40-42-39(33-20-9-10-22-37(33)51-42)47-43(48-40)29-17-13-18-31(25-29)49(38-23-11-12-24-46-38)36-21-14-16-28-15-7-8-19-32(28)36;/h7-27,50H,1-6H3;7-24,26-27,50H,1-6H3;/q;-1;. The molecule has 16 rings (SSSR count). The molecule has 13 heteroatoms. The topological polar surface area (TPSA) is 151 Å².